The van der Waals surface area contributed by atoms with Gasteiger partial charge in [0, 0.05) is 19.2 Å². The highest BCUT2D eigenvalue weighted by molar-refractivity contribution is 7.89. The van der Waals surface area contributed by atoms with Crippen LogP contribution in [-0.4, -0.2) is 24.7 Å². The molecule has 0 heterocycles. The number of rotatable bonds is 4. The molecule has 2 aromatic carbocycles. The molecule has 25 heavy (non-hydrogen) atoms. The molecule has 0 N–H and O–H groups in total. The molecule has 0 saturated heterocycles. The van der Waals surface area contributed by atoms with E-state index < -0.39 is 26.5 Å². The fraction of sp³-hybridized carbons (Fsp3) is 0.294. The quantitative estimate of drug-likeness (QED) is 0.615. The number of hydrogen-bond donors (Lipinski definition) is 0. The van der Waals surface area contributed by atoms with Crippen LogP contribution in [0.2, 0.25) is 0 Å². The topological polar surface area (TPSA) is 80.5 Å². The minimum atomic E-state index is -3.99. The summed E-state index contributed by atoms with van der Waals surface area (Å²) >= 11 is 0. The van der Waals surface area contributed by atoms with Crippen molar-refractivity contribution in [1.29, 1.82) is 0 Å². The second-order valence-corrected chi connectivity index (χ2v) is 8.00. The molecular weight excluding hydrogens is 347 g/mol. The summed E-state index contributed by atoms with van der Waals surface area (Å²) < 4.78 is 40.6. The lowest BCUT2D eigenvalue weighted by atomic mass is 9.88. The van der Waals surface area contributed by atoms with Gasteiger partial charge in [0.25, 0.3) is 0 Å². The van der Waals surface area contributed by atoms with E-state index in [2.05, 4.69) is 0 Å². The zero-order valence-electron chi connectivity index (χ0n) is 13.6. The van der Waals surface area contributed by atoms with Gasteiger partial charge in [-0.05, 0) is 42.5 Å². The van der Waals surface area contributed by atoms with Crippen molar-refractivity contribution in [2.75, 3.05) is 7.05 Å². The summed E-state index contributed by atoms with van der Waals surface area (Å²) in [5.74, 6) is -1.06. The van der Waals surface area contributed by atoms with Gasteiger partial charge in [-0.2, -0.15) is 8.70 Å². The molecule has 0 aliphatic heterocycles. The Bertz CT molecular complexity index is 930. The monoisotopic (exact) mass is 364 g/mol. The second kappa shape index (κ2) is 6.53. The van der Waals surface area contributed by atoms with Gasteiger partial charge in [-0.1, -0.05) is 24.3 Å². The van der Waals surface area contributed by atoms with Gasteiger partial charge in [-0.3, -0.25) is 10.1 Å². The Labute approximate surface area is 145 Å². The number of hydrogen-bond acceptors (Lipinski definition) is 4. The van der Waals surface area contributed by atoms with Gasteiger partial charge in [0.15, 0.2) is 0 Å². The fourth-order valence-electron chi connectivity index (χ4n) is 3.23. The lowest BCUT2D eigenvalue weighted by Gasteiger charge is -2.32. The van der Waals surface area contributed by atoms with Gasteiger partial charge in [0.2, 0.25) is 15.8 Å². The standard InChI is InChI=1S/C17H17FN2O4S/c1-19(16-8-4-6-12-5-2-3-7-14(12)16)25(23,24)13-9-10-15(18)17(11-13)20(21)22/h2-3,5,7,9-11,16H,4,6,8H2,1H3/t16-/m0/s1. The van der Waals surface area contributed by atoms with Crippen molar-refractivity contribution < 1.29 is 17.7 Å². The van der Waals surface area contributed by atoms with Crippen LogP contribution in [0.5, 0.6) is 0 Å². The third kappa shape index (κ3) is 3.14. The first-order valence-electron chi connectivity index (χ1n) is 7.82. The molecule has 1 atom stereocenters. The Morgan fingerprint density at radius 1 is 1.24 bits per heavy atom. The van der Waals surface area contributed by atoms with E-state index in [1.807, 2.05) is 24.3 Å². The summed E-state index contributed by atoms with van der Waals surface area (Å²) in [5, 5.41) is 10.9. The van der Waals surface area contributed by atoms with Crippen LogP contribution in [0.25, 0.3) is 0 Å². The highest BCUT2D eigenvalue weighted by Crippen LogP contribution is 2.36. The van der Waals surface area contributed by atoms with Gasteiger partial charge in [0.05, 0.1) is 9.82 Å². The number of aryl methyl sites for hydroxylation is 1. The molecule has 1 aliphatic carbocycles. The summed E-state index contributed by atoms with van der Waals surface area (Å²) in [6.45, 7) is 0. The van der Waals surface area contributed by atoms with Gasteiger partial charge < -0.3 is 0 Å². The largest absolute Gasteiger partial charge is 0.306 e. The molecule has 0 aromatic heterocycles. The lowest BCUT2D eigenvalue weighted by molar-refractivity contribution is -0.387. The maximum absolute atomic E-state index is 13.5. The molecule has 1 aliphatic rings. The van der Waals surface area contributed by atoms with Gasteiger partial charge in [-0.15, -0.1) is 0 Å². The minimum Gasteiger partial charge on any atom is -0.258 e. The summed E-state index contributed by atoms with van der Waals surface area (Å²) in [4.78, 5) is 9.68. The van der Waals surface area contributed by atoms with Gasteiger partial charge in [0.1, 0.15) is 0 Å². The summed E-state index contributed by atoms with van der Waals surface area (Å²) in [6, 6.07) is 9.95. The molecular formula is C17H17FN2O4S. The summed E-state index contributed by atoms with van der Waals surface area (Å²) in [5.41, 5.74) is 1.20. The first-order valence-corrected chi connectivity index (χ1v) is 9.26. The van der Waals surface area contributed by atoms with Crippen molar-refractivity contribution in [3.8, 4) is 0 Å². The number of benzene rings is 2. The number of nitro groups is 1. The summed E-state index contributed by atoms with van der Waals surface area (Å²) in [7, 11) is -2.54. The van der Waals surface area contributed by atoms with Crippen LogP contribution in [0.1, 0.15) is 30.0 Å². The second-order valence-electron chi connectivity index (χ2n) is 6.00. The highest BCUT2D eigenvalue weighted by Gasteiger charge is 2.33. The van der Waals surface area contributed by atoms with Crippen molar-refractivity contribution in [1.82, 2.24) is 4.31 Å². The SMILES string of the molecule is CN([C@H]1CCCc2ccccc21)S(=O)(=O)c1ccc(F)c([N+](=O)[O-])c1. The third-order valence-electron chi connectivity index (χ3n) is 4.57. The predicted octanol–water partition coefficient (Wildman–Crippen LogP) is 3.43. The van der Waals surface area contributed by atoms with E-state index >= 15 is 0 Å². The Kier molecular flexibility index (Phi) is 4.57. The van der Waals surface area contributed by atoms with E-state index in [9.17, 15) is 22.9 Å². The fourth-order valence-corrected chi connectivity index (χ4v) is 4.62. The van der Waals surface area contributed by atoms with E-state index in [0.717, 1.165) is 42.2 Å². The summed E-state index contributed by atoms with van der Waals surface area (Å²) in [6.07, 6.45) is 2.41. The smallest absolute Gasteiger partial charge is 0.258 e. The van der Waals surface area contributed by atoms with Crippen LogP contribution >= 0.6 is 0 Å². The molecule has 2 aromatic rings. The van der Waals surface area contributed by atoms with Crippen LogP contribution in [0.3, 0.4) is 0 Å². The highest BCUT2D eigenvalue weighted by atomic mass is 32.2. The normalized spacial score (nSPS) is 17.3. The first kappa shape index (κ1) is 17.5. The van der Waals surface area contributed by atoms with Crippen LogP contribution in [0.4, 0.5) is 10.1 Å². The average molecular weight is 364 g/mol. The lowest BCUT2D eigenvalue weighted by Crippen LogP contribution is -2.33. The molecule has 0 amide bonds. The number of sulfonamides is 1. The molecule has 8 heteroatoms. The molecule has 0 unspecified atom stereocenters. The molecule has 6 nitrogen and oxygen atoms in total. The van der Waals surface area contributed by atoms with Gasteiger partial charge >= 0.3 is 5.69 Å². The molecule has 0 spiro atoms. The zero-order chi connectivity index (χ0) is 18.2. The van der Waals surface area contributed by atoms with Crippen molar-refractivity contribution in [3.63, 3.8) is 0 Å². The predicted molar refractivity (Wildman–Crippen MR) is 90.1 cm³/mol. The van der Waals surface area contributed by atoms with E-state index in [1.165, 1.54) is 11.4 Å². The van der Waals surface area contributed by atoms with Crippen molar-refractivity contribution >= 4 is 15.7 Å². The maximum Gasteiger partial charge on any atom is 0.306 e. The minimum absolute atomic E-state index is 0.286. The van der Waals surface area contributed by atoms with E-state index in [0.29, 0.717) is 6.42 Å². The van der Waals surface area contributed by atoms with Crippen LogP contribution in [-0.2, 0) is 16.4 Å². The Morgan fingerprint density at radius 2 is 1.96 bits per heavy atom. The van der Waals surface area contributed by atoms with Crippen molar-refractivity contribution in [3.05, 3.63) is 69.5 Å². The first-order chi connectivity index (χ1) is 11.8. The molecule has 0 radical (unpaired) electrons. The van der Waals surface area contributed by atoms with E-state index in [1.54, 1.807) is 0 Å². The van der Waals surface area contributed by atoms with Crippen LogP contribution < -0.4 is 0 Å². The zero-order valence-corrected chi connectivity index (χ0v) is 14.4. The maximum atomic E-state index is 13.5. The number of nitrogens with zero attached hydrogens (tertiary/aromatic N) is 2. The molecule has 132 valence electrons. The van der Waals surface area contributed by atoms with Crippen molar-refractivity contribution in [2.24, 2.45) is 0 Å². The van der Waals surface area contributed by atoms with E-state index in [4.69, 9.17) is 0 Å². The number of halogens is 1. The van der Waals surface area contributed by atoms with Gasteiger partial charge in [-0.25, -0.2) is 8.42 Å². The van der Waals surface area contributed by atoms with Crippen molar-refractivity contribution in [2.45, 2.75) is 30.2 Å². The Hall–Kier alpha value is -2.32. The number of fused-ring (bicyclic) bond motifs is 1. The van der Waals surface area contributed by atoms with Crippen LogP contribution in [0.15, 0.2) is 47.4 Å². The molecule has 0 bridgehead atoms. The molecule has 0 fully saturated rings. The van der Waals surface area contributed by atoms with Crippen LogP contribution in [0, 0.1) is 15.9 Å². The number of nitro benzene ring substituents is 1. The third-order valence-corrected chi connectivity index (χ3v) is 6.43. The Morgan fingerprint density at radius 3 is 2.68 bits per heavy atom. The van der Waals surface area contributed by atoms with E-state index in [-0.39, 0.29) is 10.9 Å². The molecule has 0 saturated carbocycles. The molecule has 3 rings (SSSR count). The Balaban J connectivity index is 2.01. The average Bonchev–Trinajstić information content (AvgIpc) is 2.60.